The van der Waals surface area contributed by atoms with Gasteiger partial charge in [0.25, 0.3) is 0 Å². The van der Waals surface area contributed by atoms with Crippen LogP contribution in [-0.4, -0.2) is 23.5 Å². The summed E-state index contributed by atoms with van der Waals surface area (Å²) in [7, 11) is 0. The number of carboxylic acids is 2. The Labute approximate surface area is 180 Å². The Morgan fingerprint density at radius 3 is 0.852 bits per heavy atom. The molecule has 0 N–H and O–H groups in total. The molecule has 0 amide bonds. The van der Waals surface area contributed by atoms with Crippen LogP contribution >= 0.6 is 0 Å². The van der Waals surface area contributed by atoms with Gasteiger partial charge in [0.2, 0.25) is 0 Å². The maximum Gasteiger partial charge on any atom is 4.00 e. The summed E-state index contributed by atoms with van der Waals surface area (Å²) in [6, 6.07) is 0. The summed E-state index contributed by atoms with van der Waals surface area (Å²) in [5.41, 5.74) is 0. The van der Waals surface area contributed by atoms with E-state index < -0.39 is 11.9 Å². The summed E-state index contributed by atoms with van der Waals surface area (Å²) in [4.78, 5) is 38.9. The normalized spacial score (nSPS) is 9.56. The molecule has 27 heavy (non-hydrogen) atoms. The van der Waals surface area contributed by atoms with Gasteiger partial charge >= 0.3 is 26.2 Å². The molecule has 0 atom stereocenters. The van der Waals surface area contributed by atoms with E-state index in [1.54, 1.807) is 13.8 Å². The first-order valence-corrected chi connectivity index (χ1v) is 7.91. The van der Waals surface area contributed by atoms with Crippen LogP contribution in [0.25, 0.3) is 0 Å². The second kappa shape index (κ2) is 26.5. The molecule has 0 spiro atoms. The predicted molar refractivity (Wildman–Crippen MR) is 88.7 cm³/mol. The molecule has 0 aromatic carbocycles. The van der Waals surface area contributed by atoms with Crippen LogP contribution in [0.2, 0.25) is 0 Å². The van der Waals surface area contributed by atoms with E-state index in [2.05, 4.69) is 0 Å². The number of ketones is 2. The third-order valence-corrected chi connectivity index (χ3v) is 1.72. The topological polar surface area (TPSA) is 161 Å². The summed E-state index contributed by atoms with van der Waals surface area (Å²) in [5.74, 6) is -2.67. The number of rotatable bonds is 6. The van der Waals surface area contributed by atoms with Gasteiger partial charge in [0.15, 0.2) is 11.6 Å². The Morgan fingerprint density at radius 2 is 0.852 bits per heavy atom. The molecule has 0 fully saturated rings. The molecule has 0 heterocycles. The van der Waals surface area contributed by atoms with Gasteiger partial charge in [0.1, 0.15) is 0 Å². The van der Waals surface area contributed by atoms with Crippen molar-refractivity contribution in [3.8, 4) is 0 Å². The van der Waals surface area contributed by atoms with Crippen LogP contribution in [0.15, 0.2) is 23.7 Å². The average Bonchev–Trinajstić information content (AvgIpc) is 2.36. The molecule has 0 saturated carbocycles. The minimum Gasteiger partial charge on any atom is -0.876 e. The molecule has 8 nitrogen and oxygen atoms in total. The zero-order chi connectivity index (χ0) is 21.7. The first kappa shape index (κ1) is 36.2. The fourth-order valence-corrected chi connectivity index (χ4v) is 0.981. The minimum absolute atomic E-state index is 0. The van der Waals surface area contributed by atoms with Crippen molar-refractivity contribution in [1.82, 2.24) is 0 Å². The molecule has 152 valence electrons. The van der Waals surface area contributed by atoms with Gasteiger partial charge in [-0.25, -0.2) is 0 Å². The predicted octanol–water partition coefficient (Wildman–Crippen LogP) is -1.25. The molecule has 0 radical (unpaired) electrons. The van der Waals surface area contributed by atoms with Crippen molar-refractivity contribution in [1.29, 1.82) is 0 Å². The van der Waals surface area contributed by atoms with Gasteiger partial charge in [0.05, 0.1) is 0 Å². The third-order valence-electron chi connectivity index (χ3n) is 1.72. The Kier molecular flexibility index (Phi) is 35.5. The van der Waals surface area contributed by atoms with Crippen molar-refractivity contribution in [3.05, 3.63) is 23.7 Å². The molecule has 0 bridgehead atoms. The summed E-state index contributed by atoms with van der Waals surface area (Å²) >= 11 is 0. The zero-order valence-electron chi connectivity index (χ0n) is 16.7. The van der Waals surface area contributed by atoms with E-state index in [9.17, 15) is 39.6 Å². The van der Waals surface area contributed by atoms with E-state index >= 15 is 0 Å². The number of hydrogen-bond donors (Lipinski definition) is 0. The van der Waals surface area contributed by atoms with E-state index in [-0.39, 0.29) is 62.1 Å². The Morgan fingerprint density at radius 1 is 0.630 bits per heavy atom. The molecule has 0 rings (SSSR count). The van der Waals surface area contributed by atoms with Crippen LogP contribution in [-0.2, 0) is 45.4 Å². The van der Waals surface area contributed by atoms with Gasteiger partial charge in [0, 0.05) is 11.9 Å². The van der Waals surface area contributed by atoms with Gasteiger partial charge in [-0.15, -0.1) is 11.5 Å². The van der Waals surface area contributed by atoms with Crippen molar-refractivity contribution in [2.45, 2.75) is 67.2 Å². The van der Waals surface area contributed by atoms with Crippen LogP contribution in [0.4, 0.5) is 0 Å². The molecule has 0 unspecified atom stereocenters. The molecular weight excluding hydrogens is 435 g/mol. The van der Waals surface area contributed by atoms with Crippen LogP contribution in [0.3, 0.4) is 0 Å². The molecule has 0 saturated heterocycles. The quantitative estimate of drug-likeness (QED) is 0.349. The van der Waals surface area contributed by atoms with Crippen molar-refractivity contribution in [2.75, 3.05) is 0 Å². The van der Waals surface area contributed by atoms with E-state index in [1.807, 2.05) is 0 Å². The number of carboxylic acid groups (broad SMARTS) is 2. The summed E-state index contributed by atoms with van der Waals surface area (Å²) in [5, 5.41) is 38.9. The number of aliphatic carboxylic acids is 2. The third kappa shape index (κ3) is 80.0. The second-order valence-electron chi connectivity index (χ2n) is 4.98. The summed E-state index contributed by atoms with van der Waals surface area (Å²) in [6.45, 7) is 9.00. The van der Waals surface area contributed by atoms with E-state index in [0.29, 0.717) is 12.8 Å². The van der Waals surface area contributed by atoms with Gasteiger partial charge in [-0.3, -0.25) is 9.59 Å². The standard InChI is InChI=1S/2C5H8O2.2C4H8O2.Zr/c2*1-4(6)3-5(2)7;2*1-2-3-4(5)6;/h2*3,6H,1-2H3;2*2-3H2,1H3,(H,5,6);/q;;;;+4/p-4/b2*4-3-;;;. The fraction of sp³-hybridized carbons (Fsp3) is 0.556. The smallest absolute Gasteiger partial charge is 0.876 e. The first-order chi connectivity index (χ1) is 11.8. The van der Waals surface area contributed by atoms with E-state index in [1.165, 1.54) is 27.7 Å². The molecule has 0 aromatic heterocycles. The Hall–Kier alpha value is -1.76. The summed E-state index contributed by atoms with van der Waals surface area (Å²) in [6.07, 6.45) is 3.81. The molecule has 0 aliphatic heterocycles. The number of allylic oxidation sites excluding steroid dienone is 4. The van der Waals surface area contributed by atoms with Gasteiger partial charge in [-0.05, 0) is 38.8 Å². The number of hydrogen-bond acceptors (Lipinski definition) is 8. The van der Waals surface area contributed by atoms with Crippen molar-refractivity contribution < 1.29 is 65.8 Å². The van der Waals surface area contributed by atoms with Crippen LogP contribution in [0, 0.1) is 0 Å². The molecule has 0 aliphatic carbocycles. The Bertz CT molecular complexity index is 430. The molecular formula is C18H28O8Zr. The van der Waals surface area contributed by atoms with Gasteiger partial charge in [-0.2, -0.15) is 0 Å². The van der Waals surface area contributed by atoms with Gasteiger partial charge in [-0.1, -0.05) is 40.5 Å². The van der Waals surface area contributed by atoms with Crippen LogP contribution in [0.5, 0.6) is 0 Å². The Balaban J connectivity index is -0.0000000789. The van der Waals surface area contributed by atoms with Crippen LogP contribution < -0.4 is 20.4 Å². The maximum atomic E-state index is 9.98. The van der Waals surface area contributed by atoms with E-state index in [0.717, 1.165) is 12.2 Å². The van der Waals surface area contributed by atoms with E-state index in [4.69, 9.17) is 0 Å². The van der Waals surface area contributed by atoms with Crippen molar-refractivity contribution in [3.63, 3.8) is 0 Å². The number of carbonyl (C=O) groups excluding carboxylic acids is 4. The second-order valence-corrected chi connectivity index (χ2v) is 4.98. The zero-order valence-corrected chi connectivity index (χ0v) is 19.2. The minimum atomic E-state index is -0.961. The maximum absolute atomic E-state index is 9.98. The van der Waals surface area contributed by atoms with Crippen molar-refractivity contribution in [2.24, 2.45) is 0 Å². The largest absolute Gasteiger partial charge is 4.00 e. The first-order valence-electron chi connectivity index (χ1n) is 7.91. The molecule has 9 heteroatoms. The number of carbonyl (C=O) groups is 4. The summed E-state index contributed by atoms with van der Waals surface area (Å²) < 4.78 is 0. The monoisotopic (exact) mass is 462 g/mol. The van der Waals surface area contributed by atoms with Crippen molar-refractivity contribution >= 4 is 23.5 Å². The van der Waals surface area contributed by atoms with Gasteiger partial charge < -0.3 is 30.0 Å². The molecule has 0 aromatic rings. The van der Waals surface area contributed by atoms with Crippen LogP contribution in [0.1, 0.15) is 67.2 Å². The average molecular weight is 464 g/mol. The molecule has 0 aliphatic rings. The fourth-order valence-electron chi connectivity index (χ4n) is 0.981. The SMILES string of the molecule is CC(=O)/C=C(/C)[O-].CC(=O)/C=C(/C)[O-].CCCC(=O)[O-].CCCC(=O)[O-].[Zr+4].